The number of aliphatic hydroxyl groups is 1. The van der Waals surface area contributed by atoms with Gasteiger partial charge in [0.25, 0.3) is 0 Å². The molecule has 0 aliphatic heterocycles. The lowest BCUT2D eigenvalue weighted by atomic mass is 10.0. The summed E-state index contributed by atoms with van der Waals surface area (Å²) < 4.78 is 68.3. The highest BCUT2D eigenvalue weighted by molar-refractivity contribution is 7.47. The van der Waals surface area contributed by atoms with Crippen molar-refractivity contribution in [2.24, 2.45) is 23.7 Å². The smallest absolute Gasteiger partial charge is 0.462 e. The normalized spacial score (nSPS) is 14.2. The Hall–Kier alpha value is -1.94. The van der Waals surface area contributed by atoms with E-state index in [1.807, 2.05) is 0 Å². The second-order valence-electron chi connectivity index (χ2n) is 28.2. The minimum absolute atomic E-state index is 0.102. The molecule has 17 nitrogen and oxygen atoms in total. The van der Waals surface area contributed by atoms with Gasteiger partial charge in [0, 0.05) is 25.7 Å². The van der Waals surface area contributed by atoms with E-state index < -0.39 is 97.5 Å². The third-order valence-corrected chi connectivity index (χ3v) is 18.7. The van der Waals surface area contributed by atoms with Crippen LogP contribution in [0.1, 0.15) is 364 Å². The summed E-state index contributed by atoms with van der Waals surface area (Å²) in [4.78, 5) is 72.6. The number of esters is 4. The molecule has 0 aliphatic rings. The van der Waals surface area contributed by atoms with Crippen molar-refractivity contribution in [3.05, 3.63) is 0 Å². The molecule has 0 radical (unpaired) electrons. The maximum Gasteiger partial charge on any atom is 0.472 e. The molecule has 0 bridgehead atoms. The van der Waals surface area contributed by atoms with E-state index in [2.05, 4.69) is 55.4 Å². The molecule has 3 unspecified atom stereocenters. The van der Waals surface area contributed by atoms with Crippen LogP contribution in [-0.4, -0.2) is 96.7 Å². The molecule has 0 heterocycles. The number of ether oxygens (including phenoxy) is 4. The minimum Gasteiger partial charge on any atom is -0.462 e. The van der Waals surface area contributed by atoms with E-state index in [1.54, 1.807) is 0 Å². The van der Waals surface area contributed by atoms with Gasteiger partial charge in [-0.1, -0.05) is 312 Å². The number of aliphatic hydroxyl groups excluding tert-OH is 1. The van der Waals surface area contributed by atoms with E-state index >= 15 is 0 Å². The summed E-state index contributed by atoms with van der Waals surface area (Å²) in [6, 6.07) is 0. The lowest BCUT2D eigenvalue weighted by molar-refractivity contribution is -0.161. The molecule has 0 amide bonds. The highest BCUT2D eigenvalue weighted by Gasteiger charge is 2.30. The Labute approximate surface area is 562 Å². The van der Waals surface area contributed by atoms with Gasteiger partial charge in [-0.3, -0.25) is 37.3 Å². The largest absolute Gasteiger partial charge is 0.472 e. The zero-order valence-electron chi connectivity index (χ0n) is 60.2. The van der Waals surface area contributed by atoms with Gasteiger partial charge in [0.05, 0.1) is 26.4 Å². The van der Waals surface area contributed by atoms with E-state index in [4.69, 9.17) is 37.0 Å². The summed E-state index contributed by atoms with van der Waals surface area (Å²) in [6.45, 7) is 14.1. The van der Waals surface area contributed by atoms with E-state index in [1.165, 1.54) is 161 Å². The molecule has 0 saturated heterocycles. The van der Waals surface area contributed by atoms with Crippen LogP contribution >= 0.6 is 15.6 Å². The molecule has 3 N–H and O–H groups in total. The second-order valence-corrected chi connectivity index (χ2v) is 31.1. The monoisotopic (exact) mass is 1350 g/mol. The Balaban J connectivity index is 5.18. The molecule has 0 aliphatic carbocycles. The van der Waals surface area contributed by atoms with Crippen molar-refractivity contribution in [2.45, 2.75) is 382 Å². The first-order valence-electron chi connectivity index (χ1n) is 37.7. The molecule has 92 heavy (non-hydrogen) atoms. The molecule has 0 rings (SSSR count). The number of carbonyl (C=O) groups excluding carboxylic acids is 4. The van der Waals surface area contributed by atoms with Gasteiger partial charge < -0.3 is 33.8 Å². The number of rotatable bonds is 70. The standard InChI is InChI=1S/C73H142O17P2/c1-63(2)49-41-33-25-20-16-12-9-10-14-18-22-28-37-45-53-70(75)83-60-69(90-73(78)56-48-40-32-31-36-44-52-66(7)8)62-88-92(81,82)86-58-67(74)57-85-91(79,80)87-61-68(59-84-71(76)54-46-38-30-24-27-35-43-51-65(5)6)89-72(77)55-47-39-29-23-19-15-11-13-17-21-26-34-42-50-64(3)4/h63-69,74H,9-62H2,1-8H3,(H,79,80)(H,81,82)/t67?,68-,69-/m1/s1. The van der Waals surface area contributed by atoms with Crippen LogP contribution in [0.4, 0.5) is 0 Å². The van der Waals surface area contributed by atoms with Crippen molar-refractivity contribution in [1.82, 2.24) is 0 Å². The summed E-state index contributed by atoms with van der Waals surface area (Å²) >= 11 is 0. The fourth-order valence-corrected chi connectivity index (χ4v) is 12.6. The van der Waals surface area contributed by atoms with E-state index in [-0.39, 0.29) is 25.7 Å². The van der Waals surface area contributed by atoms with Crippen LogP contribution in [0.15, 0.2) is 0 Å². The molecule has 0 saturated carbocycles. The van der Waals surface area contributed by atoms with Crippen LogP contribution < -0.4 is 0 Å². The van der Waals surface area contributed by atoms with Crippen LogP contribution in [-0.2, 0) is 65.4 Å². The Morgan fingerprint density at radius 2 is 0.457 bits per heavy atom. The minimum atomic E-state index is -4.95. The Morgan fingerprint density at radius 3 is 0.674 bits per heavy atom. The summed E-state index contributed by atoms with van der Waals surface area (Å²) in [5, 5.41) is 10.6. The Morgan fingerprint density at radius 1 is 0.272 bits per heavy atom. The summed E-state index contributed by atoms with van der Waals surface area (Å²) in [5.41, 5.74) is 0. The van der Waals surface area contributed by atoms with Crippen molar-refractivity contribution in [1.29, 1.82) is 0 Å². The van der Waals surface area contributed by atoms with E-state index in [0.29, 0.717) is 37.5 Å². The van der Waals surface area contributed by atoms with Gasteiger partial charge in [-0.25, -0.2) is 9.13 Å². The zero-order chi connectivity index (χ0) is 68.2. The van der Waals surface area contributed by atoms with Crippen molar-refractivity contribution < 1.29 is 80.2 Å². The summed E-state index contributed by atoms with van der Waals surface area (Å²) in [7, 11) is -9.91. The van der Waals surface area contributed by atoms with Gasteiger partial charge in [0.15, 0.2) is 12.2 Å². The summed E-state index contributed by atoms with van der Waals surface area (Å²) in [5.74, 6) is 0.830. The van der Waals surface area contributed by atoms with E-state index in [0.717, 1.165) is 108 Å². The lowest BCUT2D eigenvalue weighted by Gasteiger charge is -2.21. The zero-order valence-corrected chi connectivity index (χ0v) is 62.0. The Bertz CT molecular complexity index is 1820. The van der Waals surface area contributed by atoms with Gasteiger partial charge in [-0.15, -0.1) is 0 Å². The van der Waals surface area contributed by atoms with E-state index in [9.17, 15) is 43.2 Å². The molecule has 5 atom stereocenters. The number of carbonyl (C=O) groups is 4. The molecule has 546 valence electrons. The van der Waals surface area contributed by atoms with Crippen molar-refractivity contribution >= 4 is 39.5 Å². The number of hydrogen-bond acceptors (Lipinski definition) is 15. The van der Waals surface area contributed by atoms with Crippen LogP contribution in [0, 0.1) is 23.7 Å². The highest BCUT2D eigenvalue weighted by atomic mass is 31.2. The average molecular weight is 1350 g/mol. The molecule has 0 aromatic heterocycles. The number of hydrogen-bond donors (Lipinski definition) is 3. The van der Waals surface area contributed by atoms with Crippen molar-refractivity contribution in [2.75, 3.05) is 39.6 Å². The quantitative estimate of drug-likeness (QED) is 0.0222. The maximum absolute atomic E-state index is 13.0. The topological polar surface area (TPSA) is 237 Å². The number of phosphoric acid groups is 2. The third-order valence-electron chi connectivity index (χ3n) is 16.8. The predicted octanol–water partition coefficient (Wildman–Crippen LogP) is 20.9. The molecule has 0 aromatic rings. The number of unbranched alkanes of at least 4 members (excludes halogenated alkanes) is 36. The molecule has 0 aromatic carbocycles. The Kier molecular flexibility index (Phi) is 61.3. The molecule has 19 heteroatoms. The fourth-order valence-electron chi connectivity index (χ4n) is 11.0. The first-order chi connectivity index (χ1) is 44.1. The van der Waals surface area contributed by atoms with Crippen LogP contribution in [0.2, 0.25) is 0 Å². The highest BCUT2D eigenvalue weighted by Crippen LogP contribution is 2.45. The van der Waals surface area contributed by atoms with Gasteiger partial charge >= 0.3 is 39.5 Å². The van der Waals surface area contributed by atoms with Crippen LogP contribution in [0.25, 0.3) is 0 Å². The molecule has 0 spiro atoms. The molecular weight excluding hydrogens is 1210 g/mol. The third kappa shape index (κ3) is 66.7. The number of phosphoric ester groups is 2. The van der Waals surface area contributed by atoms with Crippen LogP contribution in [0.5, 0.6) is 0 Å². The average Bonchev–Trinajstić information content (AvgIpc) is 3.66. The van der Waals surface area contributed by atoms with Gasteiger partial charge in [0.2, 0.25) is 0 Å². The fraction of sp³-hybridized carbons (Fsp3) is 0.945. The summed E-state index contributed by atoms with van der Waals surface area (Å²) in [6.07, 6.45) is 46.1. The second kappa shape index (κ2) is 62.6. The van der Waals surface area contributed by atoms with Gasteiger partial charge in [-0.2, -0.15) is 0 Å². The van der Waals surface area contributed by atoms with Crippen molar-refractivity contribution in [3.8, 4) is 0 Å². The SMILES string of the molecule is CC(C)CCCCCCCCCCCCCCCCC(=O)OC[C@H](COP(=O)(O)OCC(O)COP(=O)(O)OC[C@@H](COC(=O)CCCCCCCCCC(C)C)OC(=O)CCCCCCCCCCCCCCCC(C)C)OC(=O)CCCCCCCCC(C)C. The first-order valence-corrected chi connectivity index (χ1v) is 40.7. The lowest BCUT2D eigenvalue weighted by Crippen LogP contribution is -2.30. The van der Waals surface area contributed by atoms with Gasteiger partial charge in [-0.05, 0) is 49.4 Å². The van der Waals surface area contributed by atoms with Crippen molar-refractivity contribution in [3.63, 3.8) is 0 Å². The first kappa shape index (κ1) is 90.1. The predicted molar refractivity (Wildman–Crippen MR) is 372 cm³/mol. The maximum atomic E-state index is 13.0. The molecule has 0 fully saturated rings. The van der Waals surface area contributed by atoms with Gasteiger partial charge in [0.1, 0.15) is 19.3 Å². The molecular formula is C73H142O17P2. The van der Waals surface area contributed by atoms with Crippen LogP contribution in [0.3, 0.4) is 0 Å².